The molecule has 0 saturated heterocycles. The van der Waals surface area contributed by atoms with E-state index in [1.807, 2.05) is 0 Å². The molecule has 124 valence electrons. The Balaban J connectivity index is 2.34. The van der Waals surface area contributed by atoms with Gasteiger partial charge in [0.05, 0.1) is 0 Å². The molecule has 0 aliphatic rings. The van der Waals surface area contributed by atoms with E-state index < -0.39 is 4.64 Å². The fourth-order valence-electron chi connectivity index (χ4n) is 2.46. The molecule has 23 heavy (non-hydrogen) atoms. The number of rotatable bonds is 2. The van der Waals surface area contributed by atoms with Crippen LogP contribution in [0.4, 0.5) is 0 Å². The predicted molar refractivity (Wildman–Crippen MR) is 108 cm³/mol. The van der Waals surface area contributed by atoms with Crippen molar-refractivity contribution < 1.29 is 0 Å². The van der Waals surface area contributed by atoms with E-state index in [2.05, 4.69) is 121 Å². The molecule has 0 spiro atoms. The summed E-state index contributed by atoms with van der Waals surface area (Å²) in [6.07, 6.45) is 0. The summed E-state index contributed by atoms with van der Waals surface area (Å²) in [4.78, 5) is 0. The molecule has 0 aliphatic heterocycles. The Kier molecular flexibility index (Phi) is 5.57. The fraction of sp³-hybridized carbons (Fsp3) is 0.400. The first-order valence-corrected chi connectivity index (χ1v) is 14.2. The van der Waals surface area contributed by atoms with Gasteiger partial charge in [0, 0.05) is 0 Å². The molecule has 0 aliphatic carbocycles. The van der Waals surface area contributed by atoms with E-state index in [-0.39, 0.29) is 10.8 Å². The average Bonchev–Trinajstić information content (AvgIpc) is 2.46. The van der Waals surface area contributed by atoms with E-state index in [1.54, 1.807) is 0 Å². The maximum absolute atomic E-state index is 3.46. The van der Waals surface area contributed by atoms with Crippen molar-refractivity contribution in [1.82, 2.24) is 0 Å². The van der Waals surface area contributed by atoms with Gasteiger partial charge in [-0.25, -0.2) is 0 Å². The summed E-state index contributed by atoms with van der Waals surface area (Å²) < 4.78 is -1.54. The summed E-state index contributed by atoms with van der Waals surface area (Å²) in [5, 5.41) is 2.74. The molecule has 3 heteroatoms. The van der Waals surface area contributed by atoms with Crippen molar-refractivity contribution in [1.29, 1.82) is 0 Å². The van der Waals surface area contributed by atoms with E-state index in [0.717, 1.165) is 0 Å². The topological polar surface area (TPSA) is 0 Å². The fourth-order valence-corrected chi connectivity index (χ4v) is 6.91. The first-order valence-electron chi connectivity index (χ1n) is 7.96. The Labute approximate surface area is 158 Å². The molecule has 0 amide bonds. The third kappa shape index (κ3) is 4.50. The summed E-state index contributed by atoms with van der Waals surface area (Å²) in [5.41, 5.74) is 3.15. The Morgan fingerprint density at radius 1 is 0.565 bits per heavy atom. The minimum atomic E-state index is -1.54. The van der Waals surface area contributed by atoms with Gasteiger partial charge in [-0.1, -0.05) is 0 Å². The summed E-state index contributed by atoms with van der Waals surface area (Å²) in [6, 6.07) is 18.2. The summed E-state index contributed by atoms with van der Waals surface area (Å²) >= 11 is 6.92. The third-order valence-corrected chi connectivity index (χ3v) is 11.4. The molecule has 2 rings (SSSR count). The van der Waals surface area contributed by atoms with Gasteiger partial charge in [-0.2, -0.15) is 0 Å². The van der Waals surface area contributed by atoms with E-state index >= 15 is 0 Å². The van der Waals surface area contributed by atoms with E-state index in [1.165, 1.54) is 21.7 Å². The SMILES string of the molecule is CC(C)(C)c1ccc([P+]([Se-])([Se-])c2ccc(C(C)(C)C)cc2)cc1. The van der Waals surface area contributed by atoms with Crippen molar-refractivity contribution in [3.8, 4) is 0 Å². The second kappa shape index (κ2) is 6.67. The molecule has 0 unspecified atom stereocenters. The number of hydrogen-bond donors (Lipinski definition) is 0. The minimum absolute atomic E-state index is 0.197. The van der Waals surface area contributed by atoms with Gasteiger partial charge < -0.3 is 0 Å². The zero-order valence-electron chi connectivity index (χ0n) is 14.9. The summed E-state index contributed by atoms with van der Waals surface area (Å²) in [6.45, 7) is 13.5. The van der Waals surface area contributed by atoms with Crippen LogP contribution >= 0.6 is 4.64 Å². The Hall–Kier alpha value is -0.0910. The van der Waals surface area contributed by atoms with Gasteiger partial charge >= 0.3 is 158 Å². The molecule has 0 atom stereocenters. The Morgan fingerprint density at radius 2 is 0.826 bits per heavy atom. The molecule has 0 aromatic heterocycles. The van der Waals surface area contributed by atoms with Crippen molar-refractivity contribution in [2.45, 2.75) is 52.4 Å². The molecule has 0 saturated carbocycles. The van der Waals surface area contributed by atoms with Crippen LogP contribution in [0.1, 0.15) is 52.7 Å². The van der Waals surface area contributed by atoms with Gasteiger partial charge in [0.25, 0.3) is 0 Å². The molecular weight excluding hydrogens is 429 g/mol. The molecule has 0 radical (unpaired) electrons. The van der Waals surface area contributed by atoms with Crippen LogP contribution in [0.2, 0.25) is 0 Å². The Morgan fingerprint density at radius 3 is 1.04 bits per heavy atom. The second-order valence-electron chi connectivity index (χ2n) is 8.15. The van der Waals surface area contributed by atoms with Crippen LogP contribution in [0.3, 0.4) is 0 Å². The van der Waals surface area contributed by atoms with Gasteiger partial charge in [-0.3, -0.25) is 0 Å². The standard InChI is InChI=1S/C20H27PSe2/c1-19(2,3)15-7-11-17(12-8-15)21(22,23)18-13-9-16(10-14-18)20(4,5)6/h7-14H,1-6H3,(H,22,23)/p-1. The molecular formula is C20H26PSe2-. The normalized spacial score (nSPS) is 13.2. The van der Waals surface area contributed by atoms with E-state index in [0.29, 0.717) is 0 Å². The van der Waals surface area contributed by atoms with Crippen LogP contribution < -0.4 is 10.6 Å². The quantitative estimate of drug-likeness (QED) is 0.465. The molecule has 2 aromatic rings. The summed E-state index contributed by atoms with van der Waals surface area (Å²) in [7, 11) is 0. The molecule has 0 bridgehead atoms. The maximum atomic E-state index is 3.46. The first-order chi connectivity index (χ1) is 10.4. The van der Waals surface area contributed by atoms with Crippen LogP contribution in [0, 0.1) is 0 Å². The van der Waals surface area contributed by atoms with E-state index in [4.69, 9.17) is 0 Å². The first kappa shape index (κ1) is 19.2. The van der Waals surface area contributed by atoms with Crippen LogP contribution in [0.25, 0.3) is 0 Å². The average molecular weight is 455 g/mol. The number of benzene rings is 2. The van der Waals surface area contributed by atoms with Crippen molar-refractivity contribution in [3.05, 3.63) is 59.7 Å². The van der Waals surface area contributed by atoms with Gasteiger partial charge in [0.1, 0.15) is 0 Å². The molecule has 0 heterocycles. The van der Waals surface area contributed by atoms with Crippen molar-refractivity contribution in [3.63, 3.8) is 0 Å². The van der Waals surface area contributed by atoms with Gasteiger partial charge in [-0.05, 0) is 0 Å². The van der Waals surface area contributed by atoms with Crippen LogP contribution in [0.15, 0.2) is 48.5 Å². The van der Waals surface area contributed by atoms with Gasteiger partial charge in [0.2, 0.25) is 0 Å². The van der Waals surface area contributed by atoms with Crippen molar-refractivity contribution >= 4 is 46.4 Å². The second-order valence-corrected chi connectivity index (χ2v) is 20.7. The molecule has 2 aromatic carbocycles. The van der Waals surface area contributed by atoms with Gasteiger partial charge in [-0.15, -0.1) is 0 Å². The Bertz CT molecular complexity index is 597. The molecule has 0 nitrogen and oxygen atoms in total. The van der Waals surface area contributed by atoms with Crippen molar-refractivity contribution in [2.24, 2.45) is 0 Å². The monoisotopic (exact) mass is 457 g/mol. The van der Waals surface area contributed by atoms with Gasteiger partial charge in [0.15, 0.2) is 0 Å². The molecule has 0 N–H and O–H groups in total. The van der Waals surface area contributed by atoms with Crippen LogP contribution in [-0.4, -0.2) is 31.1 Å². The summed E-state index contributed by atoms with van der Waals surface area (Å²) in [5.74, 6) is 0. The zero-order chi connectivity index (χ0) is 17.5. The molecule has 0 fully saturated rings. The third-order valence-electron chi connectivity index (χ3n) is 4.15. The van der Waals surface area contributed by atoms with E-state index in [9.17, 15) is 0 Å². The zero-order valence-corrected chi connectivity index (χ0v) is 19.2. The van der Waals surface area contributed by atoms with Crippen LogP contribution in [0.5, 0.6) is 0 Å². The van der Waals surface area contributed by atoms with Crippen molar-refractivity contribution in [2.75, 3.05) is 0 Å². The van der Waals surface area contributed by atoms with Crippen LogP contribution in [-0.2, 0) is 10.8 Å². The predicted octanol–water partition coefficient (Wildman–Crippen LogP) is 4.42. The number of hydrogen-bond acceptors (Lipinski definition) is 0.